The van der Waals surface area contributed by atoms with E-state index in [0.717, 1.165) is 17.9 Å². The molecule has 0 fully saturated rings. The van der Waals surface area contributed by atoms with Crippen LogP contribution in [0.5, 0.6) is 0 Å². The number of rotatable bonds is 6. The number of benzene rings is 2. The Bertz CT molecular complexity index is 689. The van der Waals surface area contributed by atoms with Gasteiger partial charge in [0, 0.05) is 39.9 Å². The fourth-order valence-corrected chi connectivity index (χ4v) is 2.37. The molecule has 136 valence electrons. The van der Waals surface area contributed by atoms with Gasteiger partial charge in [0.15, 0.2) is 5.96 Å². The van der Waals surface area contributed by atoms with Crippen molar-refractivity contribution in [3.05, 3.63) is 65.5 Å². The monoisotopic (exact) mass is 456 g/mol. The number of hydrogen-bond acceptors (Lipinski definition) is 2. The largest absolute Gasteiger partial charge is 0.378 e. The second-order valence-corrected chi connectivity index (χ2v) is 5.80. The molecule has 2 aromatic rings. The van der Waals surface area contributed by atoms with Gasteiger partial charge in [0.05, 0.1) is 0 Å². The molecule has 0 spiro atoms. The summed E-state index contributed by atoms with van der Waals surface area (Å²) in [4.78, 5) is 6.30. The Labute approximate surface area is 166 Å². The van der Waals surface area contributed by atoms with Gasteiger partial charge in [-0.1, -0.05) is 24.3 Å². The summed E-state index contributed by atoms with van der Waals surface area (Å²) in [7, 11) is 5.80. The van der Waals surface area contributed by atoms with Crippen molar-refractivity contribution in [1.82, 2.24) is 10.6 Å². The van der Waals surface area contributed by atoms with Gasteiger partial charge < -0.3 is 15.5 Å². The maximum Gasteiger partial charge on any atom is 0.191 e. The van der Waals surface area contributed by atoms with Crippen molar-refractivity contribution in [2.45, 2.75) is 13.0 Å². The Morgan fingerprint density at radius 3 is 2.44 bits per heavy atom. The number of aliphatic imine (C=N–C) groups is 1. The molecule has 0 saturated carbocycles. The summed E-state index contributed by atoms with van der Waals surface area (Å²) < 4.78 is 13.2. The third-order valence-corrected chi connectivity index (χ3v) is 3.71. The minimum Gasteiger partial charge on any atom is -0.378 e. The Morgan fingerprint density at radius 1 is 1.04 bits per heavy atom. The third kappa shape index (κ3) is 7.29. The van der Waals surface area contributed by atoms with Gasteiger partial charge in [-0.15, -0.1) is 24.0 Å². The Hall–Kier alpha value is -1.83. The minimum atomic E-state index is -0.198. The van der Waals surface area contributed by atoms with E-state index < -0.39 is 0 Å². The predicted octanol–water partition coefficient (Wildman–Crippen LogP) is 3.42. The van der Waals surface area contributed by atoms with E-state index in [9.17, 15) is 4.39 Å². The quantitative estimate of drug-likeness (QED) is 0.398. The fraction of sp³-hybridized carbons (Fsp3) is 0.316. The van der Waals surface area contributed by atoms with Crippen LogP contribution in [0, 0.1) is 5.82 Å². The molecule has 0 aromatic heterocycles. The highest BCUT2D eigenvalue weighted by Gasteiger charge is 2.01. The molecule has 0 saturated heterocycles. The molecule has 2 rings (SSSR count). The van der Waals surface area contributed by atoms with Gasteiger partial charge in [0.2, 0.25) is 0 Å². The summed E-state index contributed by atoms with van der Waals surface area (Å²) in [5.41, 5.74) is 3.33. The van der Waals surface area contributed by atoms with Crippen LogP contribution in [-0.2, 0) is 13.0 Å². The summed E-state index contributed by atoms with van der Waals surface area (Å²) in [6, 6.07) is 15.0. The lowest BCUT2D eigenvalue weighted by atomic mass is 10.1. The van der Waals surface area contributed by atoms with Crippen LogP contribution in [0.2, 0.25) is 0 Å². The molecule has 2 aromatic carbocycles. The first-order valence-corrected chi connectivity index (χ1v) is 8.03. The van der Waals surface area contributed by atoms with Crippen molar-refractivity contribution in [1.29, 1.82) is 0 Å². The first kappa shape index (κ1) is 21.2. The van der Waals surface area contributed by atoms with Crippen LogP contribution in [0.15, 0.2) is 53.5 Å². The molecular formula is C19H26FIN4. The van der Waals surface area contributed by atoms with E-state index in [0.29, 0.717) is 13.1 Å². The van der Waals surface area contributed by atoms with Gasteiger partial charge in [-0.3, -0.25) is 4.99 Å². The molecule has 2 N–H and O–H groups in total. The van der Waals surface area contributed by atoms with E-state index in [-0.39, 0.29) is 29.8 Å². The standard InChI is InChI=1S/C19H25FN4.HI/c1-21-19(22-11-10-15-6-4-8-17(20)12-15)23-14-16-7-5-9-18(13-16)24(2)3;/h4-9,12-13H,10-11,14H2,1-3H3,(H2,21,22,23);1H. The number of nitrogens with zero attached hydrogens (tertiary/aromatic N) is 2. The van der Waals surface area contributed by atoms with Gasteiger partial charge in [0.1, 0.15) is 5.82 Å². The molecule has 0 heterocycles. The van der Waals surface area contributed by atoms with Crippen molar-refractivity contribution in [3.8, 4) is 0 Å². The summed E-state index contributed by atoms with van der Waals surface area (Å²) in [6.45, 7) is 1.39. The highest BCUT2D eigenvalue weighted by molar-refractivity contribution is 14.0. The zero-order chi connectivity index (χ0) is 17.4. The number of guanidine groups is 1. The molecule has 0 aliphatic rings. The lowest BCUT2D eigenvalue weighted by Crippen LogP contribution is -2.37. The number of nitrogens with one attached hydrogen (secondary N) is 2. The average Bonchev–Trinajstić information content (AvgIpc) is 2.58. The van der Waals surface area contributed by atoms with E-state index in [4.69, 9.17) is 0 Å². The first-order valence-electron chi connectivity index (χ1n) is 8.03. The van der Waals surface area contributed by atoms with Crippen LogP contribution in [0.25, 0.3) is 0 Å². The highest BCUT2D eigenvalue weighted by atomic mass is 127. The third-order valence-electron chi connectivity index (χ3n) is 3.71. The summed E-state index contributed by atoms with van der Waals surface area (Å²) in [5, 5.41) is 6.55. The Kier molecular flexibility index (Phi) is 9.26. The molecule has 0 amide bonds. The van der Waals surface area contributed by atoms with E-state index in [1.54, 1.807) is 19.2 Å². The molecule has 0 radical (unpaired) electrons. The zero-order valence-corrected chi connectivity index (χ0v) is 17.3. The van der Waals surface area contributed by atoms with Crippen molar-refractivity contribution in [3.63, 3.8) is 0 Å². The second-order valence-electron chi connectivity index (χ2n) is 5.80. The smallest absolute Gasteiger partial charge is 0.191 e. The van der Waals surface area contributed by atoms with Crippen LogP contribution in [0.3, 0.4) is 0 Å². The summed E-state index contributed by atoms with van der Waals surface area (Å²) in [5.74, 6) is 0.539. The molecule has 0 atom stereocenters. The predicted molar refractivity (Wildman–Crippen MR) is 114 cm³/mol. The molecule has 0 aliphatic carbocycles. The van der Waals surface area contributed by atoms with Crippen LogP contribution >= 0.6 is 24.0 Å². The van der Waals surface area contributed by atoms with Crippen LogP contribution in [0.4, 0.5) is 10.1 Å². The van der Waals surface area contributed by atoms with Gasteiger partial charge in [-0.25, -0.2) is 4.39 Å². The van der Waals surface area contributed by atoms with E-state index in [1.165, 1.54) is 17.3 Å². The molecule has 25 heavy (non-hydrogen) atoms. The van der Waals surface area contributed by atoms with Gasteiger partial charge in [0.25, 0.3) is 0 Å². The number of halogens is 2. The highest BCUT2D eigenvalue weighted by Crippen LogP contribution is 2.13. The lowest BCUT2D eigenvalue weighted by Gasteiger charge is -2.15. The van der Waals surface area contributed by atoms with Crippen molar-refractivity contribution < 1.29 is 4.39 Å². The lowest BCUT2D eigenvalue weighted by molar-refractivity contribution is 0.625. The van der Waals surface area contributed by atoms with Crippen LogP contribution in [0.1, 0.15) is 11.1 Å². The molecule has 0 aliphatic heterocycles. The summed E-state index contributed by atoms with van der Waals surface area (Å²) >= 11 is 0. The topological polar surface area (TPSA) is 39.7 Å². The van der Waals surface area contributed by atoms with Gasteiger partial charge in [-0.2, -0.15) is 0 Å². The molecule has 0 unspecified atom stereocenters. The average molecular weight is 456 g/mol. The maximum atomic E-state index is 13.2. The Morgan fingerprint density at radius 2 is 1.76 bits per heavy atom. The van der Waals surface area contributed by atoms with Crippen LogP contribution in [-0.4, -0.2) is 33.6 Å². The van der Waals surface area contributed by atoms with E-state index >= 15 is 0 Å². The fourth-order valence-electron chi connectivity index (χ4n) is 2.37. The minimum absolute atomic E-state index is 0. The van der Waals surface area contributed by atoms with Gasteiger partial charge in [-0.05, 0) is 41.8 Å². The van der Waals surface area contributed by atoms with Gasteiger partial charge >= 0.3 is 0 Å². The van der Waals surface area contributed by atoms with Crippen molar-refractivity contribution >= 4 is 35.6 Å². The van der Waals surface area contributed by atoms with Crippen molar-refractivity contribution in [2.75, 3.05) is 32.6 Å². The summed E-state index contributed by atoms with van der Waals surface area (Å²) in [6.07, 6.45) is 0.745. The number of hydrogen-bond donors (Lipinski definition) is 2. The molecular weight excluding hydrogens is 430 g/mol. The Balaban J connectivity index is 0.00000312. The second kappa shape index (κ2) is 10.9. The normalized spacial score (nSPS) is 10.8. The van der Waals surface area contributed by atoms with Crippen molar-refractivity contribution in [2.24, 2.45) is 4.99 Å². The van der Waals surface area contributed by atoms with E-state index in [1.807, 2.05) is 26.2 Å². The number of anilines is 1. The van der Waals surface area contributed by atoms with Crippen LogP contribution < -0.4 is 15.5 Å². The molecule has 0 bridgehead atoms. The molecule has 6 heteroatoms. The van der Waals surface area contributed by atoms with E-state index in [2.05, 4.69) is 38.7 Å². The molecule has 4 nitrogen and oxygen atoms in total. The SMILES string of the molecule is CN=C(NCCc1cccc(F)c1)NCc1cccc(N(C)C)c1.I. The maximum absolute atomic E-state index is 13.2. The zero-order valence-electron chi connectivity index (χ0n) is 14.9. The first-order chi connectivity index (χ1) is 11.6.